The van der Waals surface area contributed by atoms with E-state index in [4.69, 9.17) is 23.2 Å². The van der Waals surface area contributed by atoms with E-state index in [2.05, 4.69) is 10.3 Å². The molecule has 110 valence electrons. The zero-order chi connectivity index (χ0) is 15.6. The maximum Gasteiger partial charge on any atom is 0.418 e. The molecule has 1 aromatic carbocycles. The molecule has 1 aromatic heterocycles. The molecule has 2 rings (SSSR count). The molecule has 1 N–H and O–H groups in total. The number of aromatic nitrogens is 1. The number of alkyl halides is 3. The fourth-order valence-corrected chi connectivity index (χ4v) is 2.05. The first-order valence-corrected chi connectivity index (χ1v) is 6.34. The van der Waals surface area contributed by atoms with Gasteiger partial charge in [-0.2, -0.15) is 13.2 Å². The molecule has 8 heteroatoms. The highest BCUT2D eigenvalue weighted by molar-refractivity contribution is 6.35. The largest absolute Gasteiger partial charge is 0.418 e. The summed E-state index contributed by atoms with van der Waals surface area (Å²) in [6.45, 7) is 0. The maximum absolute atomic E-state index is 12.9. The van der Waals surface area contributed by atoms with Crippen LogP contribution >= 0.6 is 23.2 Å². The van der Waals surface area contributed by atoms with E-state index in [0.29, 0.717) is 0 Å². The highest BCUT2D eigenvalue weighted by Crippen LogP contribution is 2.38. The Bertz CT molecular complexity index is 689. The SMILES string of the molecule is O=C(Nc1c(Cl)cccc1C(F)(F)F)c1cccnc1Cl. The zero-order valence-corrected chi connectivity index (χ0v) is 11.7. The average molecular weight is 335 g/mol. The van der Waals surface area contributed by atoms with Gasteiger partial charge in [0, 0.05) is 6.20 Å². The predicted molar refractivity (Wildman–Crippen MR) is 73.7 cm³/mol. The van der Waals surface area contributed by atoms with E-state index in [1.807, 2.05) is 0 Å². The van der Waals surface area contributed by atoms with Gasteiger partial charge in [-0.3, -0.25) is 4.79 Å². The van der Waals surface area contributed by atoms with Crippen molar-refractivity contribution in [3.63, 3.8) is 0 Å². The molecule has 0 aliphatic carbocycles. The number of anilines is 1. The Morgan fingerprint density at radius 3 is 2.48 bits per heavy atom. The molecule has 1 amide bonds. The number of para-hydroxylation sites is 1. The van der Waals surface area contributed by atoms with Gasteiger partial charge in [0.15, 0.2) is 0 Å². The van der Waals surface area contributed by atoms with Gasteiger partial charge >= 0.3 is 6.18 Å². The van der Waals surface area contributed by atoms with Crippen molar-refractivity contribution in [1.29, 1.82) is 0 Å². The van der Waals surface area contributed by atoms with Gasteiger partial charge in [0.25, 0.3) is 5.91 Å². The molecule has 0 atom stereocenters. The molecule has 21 heavy (non-hydrogen) atoms. The van der Waals surface area contributed by atoms with Crippen LogP contribution in [0.5, 0.6) is 0 Å². The van der Waals surface area contributed by atoms with Gasteiger partial charge in [-0.05, 0) is 24.3 Å². The number of pyridine rings is 1. The second-order valence-electron chi connectivity index (χ2n) is 3.96. The minimum absolute atomic E-state index is 0.0489. The monoisotopic (exact) mass is 334 g/mol. The second kappa shape index (κ2) is 5.91. The van der Waals surface area contributed by atoms with Crippen LogP contribution in [0.1, 0.15) is 15.9 Å². The fourth-order valence-electron chi connectivity index (χ4n) is 1.62. The van der Waals surface area contributed by atoms with Gasteiger partial charge in [0.05, 0.1) is 21.8 Å². The van der Waals surface area contributed by atoms with Crippen molar-refractivity contribution >= 4 is 34.8 Å². The van der Waals surface area contributed by atoms with E-state index >= 15 is 0 Å². The number of nitrogens with zero attached hydrogens (tertiary/aromatic N) is 1. The van der Waals surface area contributed by atoms with Gasteiger partial charge in [-0.15, -0.1) is 0 Å². The summed E-state index contributed by atoms with van der Waals surface area (Å²) >= 11 is 11.5. The Morgan fingerprint density at radius 1 is 1.14 bits per heavy atom. The van der Waals surface area contributed by atoms with Crippen LogP contribution in [0.25, 0.3) is 0 Å². The normalized spacial score (nSPS) is 11.3. The van der Waals surface area contributed by atoms with Crippen molar-refractivity contribution in [2.75, 3.05) is 5.32 Å². The molecule has 0 spiro atoms. The highest BCUT2D eigenvalue weighted by Gasteiger charge is 2.35. The summed E-state index contributed by atoms with van der Waals surface area (Å²) in [6.07, 6.45) is -3.29. The van der Waals surface area contributed by atoms with Crippen molar-refractivity contribution in [3.8, 4) is 0 Å². The quantitative estimate of drug-likeness (QED) is 0.811. The lowest BCUT2D eigenvalue weighted by Crippen LogP contribution is -2.17. The average Bonchev–Trinajstić information content (AvgIpc) is 2.40. The Hall–Kier alpha value is -1.79. The lowest BCUT2D eigenvalue weighted by molar-refractivity contribution is -0.136. The van der Waals surface area contributed by atoms with E-state index in [0.717, 1.165) is 12.1 Å². The molecule has 0 bridgehead atoms. The Balaban J connectivity index is 2.41. The summed E-state index contributed by atoms with van der Waals surface area (Å²) in [5.41, 5.74) is -1.60. The molecule has 0 aliphatic heterocycles. The van der Waals surface area contributed by atoms with Crippen LogP contribution in [0, 0.1) is 0 Å². The third kappa shape index (κ3) is 3.46. The minimum Gasteiger partial charge on any atom is -0.320 e. The Labute approximate surface area is 127 Å². The van der Waals surface area contributed by atoms with E-state index in [-0.39, 0.29) is 15.7 Å². The summed E-state index contributed by atoms with van der Waals surface area (Å²) < 4.78 is 38.7. The number of nitrogens with one attached hydrogen (secondary N) is 1. The molecule has 1 heterocycles. The zero-order valence-electron chi connectivity index (χ0n) is 10.2. The first kappa shape index (κ1) is 15.6. The maximum atomic E-state index is 12.9. The topological polar surface area (TPSA) is 42.0 Å². The molecule has 2 aromatic rings. The number of hydrogen-bond donors (Lipinski definition) is 1. The number of amides is 1. The van der Waals surface area contributed by atoms with E-state index < -0.39 is 23.3 Å². The van der Waals surface area contributed by atoms with Crippen LogP contribution in [0.4, 0.5) is 18.9 Å². The van der Waals surface area contributed by atoms with Crippen LogP contribution in [-0.2, 0) is 6.18 Å². The standard InChI is InChI=1S/C13H7Cl2F3N2O/c14-9-5-1-4-8(13(16,17)18)10(9)20-12(21)7-3-2-6-19-11(7)15/h1-6H,(H,20,21). The summed E-state index contributed by atoms with van der Waals surface area (Å²) in [4.78, 5) is 15.7. The summed E-state index contributed by atoms with van der Waals surface area (Å²) in [5, 5.41) is 1.79. The number of hydrogen-bond acceptors (Lipinski definition) is 2. The summed E-state index contributed by atoms with van der Waals surface area (Å²) in [5.74, 6) is -0.827. The highest BCUT2D eigenvalue weighted by atomic mass is 35.5. The number of carbonyl (C=O) groups excluding carboxylic acids is 1. The number of benzene rings is 1. The van der Waals surface area contributed by atoms with E-state index in [9.17, 15) is 18.0 Å². The van der Waals surface area contributed by atoms with Gasteiger partial charge < -0.3 is 5.32 Å². The molecule has 0 saturated carbocycles. The molecule has 0 aliphatic rings. The summed E-state index contributed by atoms with van der Waals surface area (Å²) in [7, 11) is 0. The smallest absolute Gasteiger partial charge is 0.320 e. The van der Waals surface area contributed by atoms with E-state index in [1.165, 1.54) is 24.4 Å². The van der Waals surface area contributed by atoms with Gasteiger partial charge in [-0.1, -0.05) is 29.3 Å². The van der Waals surface area contributed by atoms with Gasteiger partial charge in [0.2, 0.25) is 0 Å². The molecule has 3 nitrogen and oxygen atoms in total. The lowest BCUT2D eigenvalue weighted by Gasteiger charge is -2.15. The number of carbonyl (C=O) groups is 1. The van der Waals surface area contributed by atoms with Gasteiger partial charge in [-0.25, -0.2) is 4.98 Å². The Morgan fingerprint density at radius 2 is 1.86 bits per heavy atom. The van der Waals surface area contributed by atoms with Crippen molar-refractivity contribution in [3.05, 3.63) is 57.8 Å². The molecular weight excluding hydrogens is 328 g/mol. The first-order valence-electron chi connectivity index (χ1n) is 5.58. The van der Waals surface area contributed by atoms with Gasteiger partial charge in [0.1, 0.15) is 5.15 Å². The van der Waals surface area contributed by atoms with E-state index in [1.54, 1.807) is 0 Å². The summed E-state index contributed by atoms with van der Waals surface area (Å²) in [6, 6.07) is 6.01. The van der Waals surface area contributed by atoms with Crippen LogP contribution in [-0.4, -0.2) is 10.9 Å². The molecule has 0 fully saturated rings. The van der Waals surface area contributed by atoms with Crippen LogP contribution in [0.15, 0.2) is 36.5 Å². The molecule has 0 unspecified atom stereocenters. The predicted octanol–water partition coefficient (Wildman–Crippen LogP) is 4.66. The molecule has 0 radical (unpaired) electrons. The van der Waals surface area contributed by atoms with Crippen molar-refractivity contribution < 1.29 is 18.0 Å². The van der Waals surface area contributed by atoms with Crippen LogP contribution < -0.4 is 5.32 Å². The van der Waals surface area contributed by atoms with Crippen LogP contribution in [0.2, 0.25) is 10.2 Å². The third-order valence-electron chi connectivity index (χ3n) is 2.56. The van der Waals surface area contributed by atoms with Crippen molar-refractivity contribution in [2.24, 2.45) is 0 Å². The second-order valence-corrected chi connectivity index (χ2v) is 4.72. The first-order chi connectivity index (χ1) is 9.80. The third-order valence-corrected chi connectivity index (χ3v) is 3.18. The Kier molecular flexibility index (Phi) is 4.39. The number of halogens is 5. The van der Waals surface area contributed by atoms with Crippen LogP contribution in [0.3, 0.4) is 0 Å². The lowest BCUT2D eigenvalue weighted by atomic mass is 10.1. The number of rotatable bonds is 2. The molecular formula is C13H7Cl2F3N2O. The molecule has 0 saturated heterocycles. The minimum atomic E-state index is -4.65. The van der Waals surface area contributed by atoms with Crippen molar-refractivity contribution in [1.82, 2.24) is 4.98 Å². The fraction of sp³-hybridized carbons (Fsp3) is 0.0769. The van der Waals surface area contributed by atoms with Crippen molar-refractivity contribution in [2.45, 2.75) is 6.18 Å².